The fourth-order valence-corrected chi connectivity index (χ4v) is 4.20. The number of rotatable bonds is 12. The summed E-state index contributed by atoms with van der Waals surface area (Å²) in [6.45, 7) is 0. The third-order valence-corrected chi connectivity index (χ3v) is 6.24. The molecular weight excluding hydrogens is 452 g/mol. The minimum Gasteiger partial charge on any atom is -0.480 e. The van der Waals surface area contributed by atoms with Gasteiger partial charge in [-0.2, -0.15) is 11.8 Å². The van der Waals surface area contributed by atoms with Crippen molar-refractivity contribution in [3.05, 3.63) is 71.9 Å². The molecule has 0 aliphatic rings. The average Bonchev–Trinajstić information content (AvgIpc) is 3.24. The van der Waals surface area contributed by atoms with Crippen molar-refractivity contribution in [2.45, 2.75) is 37.4 Å². The first-order valence-electron chi connectivity index (χ1n) is 11.1. The molecule has 0 aliphatic heterocycles. The van der Waals surface area contributed by atoms with Crippen LogP contribution in [0.25, 0.3) is 10.9 Å². The quantitative estimate of drug-likeness (QED) is 0.268. The highest BCUT2D eigenvalue weighted by Crippen LogP contribution is 2.19. The maximum Gasteiger partial charge on any atom is 0.326 e. The van der Waals surface area contributed by atoms with Gasteiger partial charge in [0.05, 0.1) is 6.04 Å². The Morgan fingerprint density at radius 3 is 2.35 bits per heavy atom. The van der Waals surface area contributed by atoms with Crippen LogP contribution in [0.15, 0.2) is 60.8 Å². The lowest BCUT2D eigenvalue weighted by Crippen LogP contribution is -2.55. The van der Waals surface area contributed by atoms with E-state index < -0.39 is 35.9 Å². The normalized spacial score (nSPS) is 13.7. The summed E-state index contributed by atoms with van der Waals surface area (Å²) >= 11 is 1.50. The molecule has 6 N–H and O–H groups in total. The Bertz CT molecular complexity index is 1120. The van der Waals surface area contributed by atoms with Gasteiger partial charge in [-0.05, 0) is 42.0 Å². The fraction of sp³-hybridized carbons (Fsp3) is 0.320. The van der Waals surface area contributed by atoms with Gasteiger partial charge in [-0.25, -0.2) is 4.79 Å². The molecule has 0 radical (unpaired) electrons. The second-order valence-corrected chi connectivity index (χ2v) is 9.09. The van der Waals surface area contributed by atoms with Crippen LogP contribution in [0.4, 0.5) is 0 Å². The Morgan fingerprint density at radius 1 is 0.971 bits per heavy atom. The van der Waals surface area contributed by atoms with E-state index in [0.29, 0.717) is 12.2 Å². The second-order valence-electron chi connectivity index (χ2n) is 8.10. The lowest BCUT2D eigenvalue weighted by Gasteiger charge is -2.23. The van der Waals surface area contributed by atoms with Crippen LogP contribution in [0.5, 0.6) is 0 Å². The lowest BCUT2D eigenvalue weighted by molar-refractivity contribution is -0.142. The molecule has 3 atom stereocenters. The van der Waals surface area contributed by atoms with Crippen LogP contribution in [0.3, 0.4) is 0 Å². The van der Waals surface area contributed by atoms with Gasteiger partial charge in [0, 0.05) is 23.5 Å². The van der Waals surface area contributed by atoms with Gasteiger partial charge in [-0.3, -0.25) is 9.59 Å². The van der Waals surface area contributed by atoms with Crippen molar-refractivity contribution in [1.29, 1.82) is 0 Å². The smallest absolute Gasteiger partial charge is 0.326 e. The third-order valence-electron chi connectivity index (χ3n) is 5.59. The average molecular weight is 483 g/mol. The number of H-pyrrole nitrogens is 1. The third kappa shape index (κ3) is 6.85. The molecule has 0 saturated heterocycles. The van der Waals surface area contributed by atoms with Crippen molar-refractivity contribution in [2.24, 2.45) is 5.73 Å². The number of amides is 2. The molecule has 0 bridgehead atoms. The highest BCUT2D eigenvalue weighted by atomic mass is 32.2. The maximum atomic E-state index is 13.0. The number of carboxylic acid groups (broad SMARTS) is 1. The zero-order valence-corrected chi connectivity index (χ0v) is 19.8. The van der Waals surface area contributed by atoms with E-state index in [1.165, 1.54) is 11.8 Å². The number of nitrogens with two attached hydrogens (primary N) is 1. The number of carboxylic acids is 1. The Hall–Kier alpha value is -3.30. The number of thioether (sulfide) groups is 1. The number of fused-ring (bicyclic) bond motifs is 1. The van der Waals surface area contributed by atoms with Crippen LogP contribution in [0, 0.1) is 0 Å². The van der Waals surface area contributed by atoms with Crippen LogP contribution in [0.1, 0.15) is 17.5 Å². The Labute approximate surface area is 202 Å². The highest BCUT2D eigenvalue weighted by molar-refractivity contribution is 7.98. The predicted molar refractivity (Wildman–Crippen MR) is 135 cm³/mol. The van der Waals surface area contributed by atoms with E-state index in [9.17, 15) is 19.5 Å². The molecule has 3 rings (SSSR count). The highest BCUT2D eigenvalue weighted by Gasteiger charge is 2.28. The lowest BCUT2D eigenvalue weighted by atomic mass is 10.0. The topological polar surface area (TPSA) is 137 Å². The molecule has 8 nitrogen and oxygen atoms in total. The van der Waals surface area contributed by atoms with Crippen molar-refractivity contribution < 1.29 is 19.5 Å². The summed E-state index contributed by atoms with van der Waals surface area (Å²) in [7, 11) is 0. The number of para-hydroxylation sites is 1. The van der Waals surface area contributed by atoms with Crippen molar-refractivity contribution in [3.8, 4) is 0 Å². The SMILES string of the molecule is CSCCC(NC(=O)C(Cc1ccccc1)NC(=O)C(N)Cc1c[nH]c2ccccc12)C(=O)O. The van der Waals surface area contributed by atoms with Crippen LogP contribution in [-0.4, -0.2) is 58.0 Å². The van der Waals surface area contributed by atoms with Crippen LogP contribution >= 0.6 is 11.8 Å². The van der Waals surface area contributed by atoms with Gasteiger partial charge in [0.15, 0.2) is 0 Å². The number of aromatic nitrogens is 1. The zero-order chi connectivity index (χ0) is 24.5. The first-order valence-corrected chi connectivity index (χ1v) is 12.5. The van der Waals surface area contributed by atoms with E-state index in [-0.39, 0.29) is 12.8 Å². The molecule has 0 fully saturated rings. The van der Waals surface area contributed by atoms with Crippen LogP contribution < -0.4 is 16.4 Å². The zero-order valence-electron chi connectivity index (χ0n) is 19.0. The monoisotopic (exact) mass is 482 g/mol. The maximum absolute atomic E-state index is 13.0. The summed E-state index contributed by atoms with van der Waals surface area (Å²) in [4.78, 5) is 40.8. The number of hydrogen-bond acceptors (Lipinski definition) is 5. The number of carbonyl (C=O) groups excluding carboxylic acids is 2. The molecule has 0 aliphatic carbocycles. The summed E-state index contributed by atoms with van der Waals surface area (Å²) < 4.78 is 0. The summed E-state index contributed by atoms with van der Waals surface area (Å²) in [6.07, 6.45) is 4.49. The van der Waals surface area contributed by atoms with Gasteiger partial charge >= 0.3 is 5.97 Å². The summed E-state index contributed by atoms with van der Waals surface area (Å²) in [5.74, 6) is -1.55. The van der Waals surface area contributed by atoms with Crippen LogP contribution in [0.2, 0.25) is 0 Å². The molecule has 2 aromatic carbocycles. The Balaban J connectivity index is 1.72. The fourth-order valence-electron chi connectivity index (χ4n) is 3.73. The standard InChI is InChI=1S/C25H30N4O4S/c1-34-12-11-21(25(32)33)28-24(31)22(13-16-7-3-2-4-8-16)29-23(30)19(26)14-17-15-27-20-10-6-5-9-18(17)20/h2-10,15,19,21-22,27H,11-14,26H2,1H3,(H,28,31)(H,29,30)(H,32,33). The first-order chi connectivity index (χ1) is 16.4. The Morgan fingerprint density at radius 2 is 1.65 bits per heavy atom. The minimum absolute atomic E-state index is 0.215. The second kappa shape index (κ2) is 12.2. The van der Waals surface area contributed by atoms with Gasteiger partial charge < -0.3 is 26.5 Å². The number of carbonyl (C=O) groups is 3. The minimum atomic E-state index is -1.11. The number of aromatic amines is 1. The van der Waals surface area contributed by atoms with E-state index in [4.69, 9.17) is 5.73 Å². The number of benzene rings is 2. The van der Waals surface area contributed by atoms with Crippen molar-refractivity contribution in [2.75, 3.05) is 12.0 Å². The van der Waals surface area contributed by atoms with E-state index in [1.54, 1.807) is 0 Å². The van der Waals surface area contributed by atoms with E-state index in [1.807, 2.05) is 67.0 Å². The van der Waals surface area contributed by atoms with Crippen molar-refractivity contribution >= 4 is 40.4 Å². The van der Waals surface area contributed by atoms with Crippen molar-refractivity contribution in [1.82, 2.24) is 15.6 Å². The number of hydrogen-bond donors (Lipinski definition) is 5. The van der Waals surface area contributed by atoms with E-state index in [0.717, 1.165) is 22.0 Å². The number of nitrogens with one attached hydrogen (secondary N) is 3. The van der Waals surface area contributed by atoms with Crippen LogP contribution in [-0.2, 0) is 27.2 Å². The van der Waals surface area contributed by atoms with Gasteiger partial charge in [-0.15, -0.1) is 0 Å². The molecule has 1 heterocycles. The summed E-state index contributed by atoms with van der Waals surface area (Å²) in [5.41, 5.74) is 8.90. The largest absolute Gasteiger partial charge is 0.480 e. The summed E-state index contributed by atoms with van der Waals surface area (Å²) in [6, 6.07) is 14.1. The molecule has 1 aromatic heterocycles. The van der Waals surface area contributed by atoms with Crippen molar-refractivity contribution in [3.63, 3.8) is 0 Å². The molecule has 2 amide bonds. The summed E-state index contributed by atoms with van der Waals surface area (Å²) in [5, 5.41) is 15.8. The van der Waals surface area contributed by atoms with E-state index in [2.05, 4.69) is 15.6 Å². The Kier molecular flexibility index (Phi) is 9.12. The molecule has 9 heteroatoms. The molecule has 3 aromatic rings. The molecule has 0 saturated carbocycles. The van der Waals surface area contributed by atoms with E-state index >= 15 is 0 Å². The van der Waals surface area contributed by atoms with Gasteiger partial charge in [-0.1, -0.05) is 48.5 Å². The van der Waals surface area contributed by atoms with Gasteiger partial charge in [0.1, 0.15) is 12.1 Å². The molecule has 180 valence electrons. The van der Waals surface area contributed by atoms with Gasteiger partial charge in [0.25, 0.3) is 0 Å². The molecule has 34 heavy (non-hydrogen) atoms. The molecule has 0 spiro atoms. The molecule has 3 unspecified atom stereocenters. The first kappa shape index (κ1) is 25.3. The molecular formula is C25H30N4O4S. The van der Waals surface area contributed by atoms with Gasteiger partial charge in [0.2, 0.25) is 11.8 Å². The predicted octanol–water partition coefficient (Wildman–Crippen LogP) is 2.09. The number of aliphatic carboxylic acids is 1.